The molecule has 0 radical (unpaired) electrons. The van der Waals surface area contributed by atoms with Gasteiger partial charge in [0.15, 0.2) is 0 Å². The molecular weight excluding hydrogens is 440 g/mol. The first kappa shape index (κ1) is 35.9. The van der Waals surface area contributed by atoms with Gasteiger partial charge in [0.05, 0.1) is 0 Å². The largest absolute Gasteiger partial charge is 0.396 e. The van der Waals surface area contributed by atoms with E-state index in [1.807, 2.05) is 0 Å². The highest BCUT2D eigenvalue weighted by Gasteiger charge is 2.20. The van der Waals surface area contributed by atoms with Crippen molar-refractivity contribution in [2.45, 2.75) is 194 Å². The van der Waals surface area contributed by atoms with Gasteiger partial charge in [0.1, 0.15) is 0 Å². The molecule has 0 bridgehead atoms. The van der Waals surface area contributed by atoms with Gasteiger partial charge in [-0.25, -0.2) is 0 Å². The van der Waals surface area contributed by atoms with E-state index in [2.05, 4.69) is 13.8 Å². The maximum atomic E-state index is 9.07. The Morgan fingerprint density at radius 3 is 0.778 bits per heavy atom. The van der Waals surface area contributed by atoms with Crippen molar-refractivity contribution in [2.24, 2.45) is 11.8 Å². The van der Waals surface area contributed by atoms with Gasteiger partial charge in [-0.2, -0.15) is 0 Å². The third-order valence-corrected chi connectivity index (χ3v) is 8.49. The minimum Gasteiger partial charge on any atom is -0.396 e. The Morgan fingerprint density at radius 1 is 0.306 bits per heavy atom. The molecule has 0 aliphatic heterocycles. The highest BCUT2D eigenvalue weighted by atomic mass is 16.3. The summed E-state index contributed by atoms with van der Waals surface area (Å²) in [6.45, 7) is 5.35. The summed E-state index contributed by atoms with van der Waals surface area (Å²) in [7, 11) is 0. The van der Waals surface area contributed by atoms with Gasteiger partial charge in [-0.3, -0.25) is 0 Å². The maximum absolute atomic E-state index is 9.07. The minimum atomic E-state index is 0.362. The molecule has 0 aliphatic carbocycles. The van der Waals surface area contributed by atoms with Gasteiger partial charge < -0.3 is 10.2 Å². The maximum Gasteiger partial charge on any atom is 0.0431 e. The van der Waals surface area contributed by atoms with Crippen molar-refractivity contribution in [2.75, 3.05) is 13.2 Å². The summed E-state index contributed by atoms with van der Waals surface area (Å²) in [5.41, 5.74) is 0. The number of rotatable bonds is 31. The highest BCUT2D eigenvalue weighted by Crippen LogP contribution is 2.33. The quantitative estimate of drug-likeness (QED) is 0.0910. The van der Waals surface area contributed by atoms with Gasteiger partial charge in [0.2, 0.25) is 0 Å². The number of unbranched alkanes of at least 4 members (excludes halogenated alkanes) is 20. The summed E-state index contributed by atoms with van der Waals surface area (Å²) in [5.74, 6) is 1.90. The lowest BCUT2D eigenvalue weighted by Crippen LogP contribution is -2.16. The number of hydrogen-bond acceptors (Lipinski definition) is 2. The molecule has 0 amide bonds. The normalized spacial score (nSPS) is 13.3. The van der Waals surface area contributed by atoms with E-state index in [0.29, 0.717) is 13.2 Å². The minimum absolute atomic E-state index is 0.362. The first-order valence-electron chi connectivity index (χ1n) is 17.0. The Labute approximate surface area is 228 Å². The van der Waals surface area contributed by atoms with Gasteiger partial charge in [-0.05, 0) is 24.7 Å². The molecule has 0 aromatic rings. The molecule has 0 spiro atoms. The summed E-state index contributed by atoms with van der Waals surface area (Å²) in [4.78, 5) is 0. The van der Waals surface area contributed by atoms with Crippen LogP contribution in [0.4, 0.5) is 0 Å². The predicted octanol–water partition coefficient (Wildman–Crippen LogP) is 11.2. The van der Waals surface area contributed by atoms with Crippen LogP contribution in [0.2, 0.25) is 0 Å². The van der Waals surface area contributed by atoms with E-state index in [-0.39, 0.29) is 0 Å². The van der Waals surface area contributed by atoms with Crippen LogP contribution in [0.15, 0.2) is 0 Å². The lowest BCUT2D eigenvalue weighted by atomic mass is 9.78. The lowest BCUT2D eigenvalue weighted by Gasteiger charge is -2.28. The molecule has 0 aliphatic rings. The molecule has 0 aromatic heterocycles. The van der Waals surface area contributed by atoms with Crippen molar-refractivity contribution < 1.29 is 10.2 Å². The fraction of sp³-hybridized carbons (Fsp3) is 1.00. The summed E-state index contributed by atoms with van der Waals surface area (Å²) in [6, 6.07) is 0. The van der Waals surface area contributed by atoms with Crippen LogP contribution in [0.3, 0.4) is 0 Å². The Morgan fingerprint density at radius 2 is 0.528 bits per heavy atom. The second-order valence-electron chi connectivity index (χ2n) is 11.9. The monoisotopic (exact) mass is 511 g/mol. The van der Waals surface area contributed by atoms with Crippen LogP contribution in [0.25, 0.3) is 0 Å². The van der Waals surface area contributed by atoms with E-state index in [9.17, 15) is 0 Å². The van der Waals surface area contributed by atoms with E-state index < -0.39 is 0 Å². The topological polar surface area (TPSA) is 40.5 Å². The first-order valence-corrected chi connectivity index (χ1v) is 17.0. The van der Waals surface area contributed by atoms with Crippen molar-refractivity contribution in [1.82, 2.24) is 0 Å². The van der Waals surface area contributed by atoms with Crippen molar-refractivity contribution in [3.05, 3.63) is 0 Å². The van der Waals surface area contributed by atoms with Crippen molar-refractivity contribution in [1.29, 1.82) is 0 Å². The molecule has 0 saturated carbocycles. The van der Waals surface area contributed by atoms with E-state index in [1.165, 1.54) is 167 Å². The Bertz CT molecular complexity index is 347. The smallest absolute Gasteiger partial charge is 0.0431 e. The standard InChI is InChI=1S/C34H70O2/c1-3-5-7-9-11-16-22-28-34(30-24-18-14-20-26-32-36)33(27-21-15-10-8-6-4-2)29-23-17-12-13-19-25-31-35/h33-36H,3-32H2,1-2H3. The SMILES string of the molecule is CCCCCCCCCC(CCCCCCCO)C(CCCCCCCC)CCCCCCCCO. The average Bonchev–Trinajstić information content (AvgIpc) is 2.89. The Balaban J connectivity index is 4.68. The molecule has 36 heavy (non-hydrogen) atoms. The summed E-state index contributed by atoms with van der Waals surface area (Å²) < 4.78 is 0. The summed E-state index contributed by atoms with van der Waals surface area (Å²) >= 11 is 0. The van der Waals surface area contributed by atoms with E-state index in [1.54, 1.807) is 0 Å². The second kappa shape index (κ2) is 31.1. The van der Waals surface area contributed by atoms with Crippen LogP contribution in [0.5, 0.6) is 0 Å². The van der Waals surface area contributed by atoms with Crippen LogP contribution < -0.4 is 0 Å². The molecule has 2 atom stereocenters. The van der Waals surface area contributed by atoms with Gasteiger partial charge >= 0.3 is 0 Å². The predicted molar refractivity (Wildman–Crippen MR) is 162 cm³/mol. The molecule has 2 heteroatoms. The zero-order valence-corrected chi connectivity index (χ0v) is 25.3. The van der Waals surface area contributed by atoms with Gasteiger partial charge in [0.25, 0.3) is 0 Å². The Kier molecular flexibility index (Phi) is 31.1. The highest BCUT2D eigenvalue weighted by molar-refractivity contribution is 4.72. The van der Waals surface area contributed by atoms with Crippen LogP contribution in [0, 0.1) is 11.8 Å². The van der Waals surface area contributed by atoms with Crippen LogP contribution >= 0.6 is 0 Å². The molecule has 0 rings (SSSR count). The van der Waals surface area contributed by atoms with Crippen LogP contribution in [-0.4, -0.2) is 23.4 Å². The fourth-order valence-electron chi connectivity index (χ4n) is 6.06. The zero-order chi connectivity index (χ0) is 26.4. The molecule has 2 N–H and O–H groups in total. The van der Waals surface area contributed by atoms with Crippen molar-refractivity contribution in [3.8, 4) is 0 Å². The molecule has 0 heterocycles. The molecular formula is C34H70O2. The van der Waals surface area contributed by atoms with E-state index in [0.717, 1.165) is 24.7 Å². The molecule has 0 saturated heterocycles. The average molecular weight is 511 g/mol. The van der Waals surface area contributed by atoms with E-state index >= 15 is 0 Å². The van der Waals surface area contributed by atoms with Gasteiger partial charge in [-0.15, -0.1) is 0 Å². The van der Waals surface area contributed by atoms with Crippen LogP contribution in [0.1, 0.15) is 194 Å². The molecule has 0 aromatic carbocycles. The van der Waals surface area contributed by atoms with Crippen molar-refractivity contribution >= 4 is 0 Å². The zero-order valence-electron chi connectivity index (χ0n) is 25.3. The fourth-order valence-corrected chi connectivity index (χ4v) is 6.06. The Hall–Kier alpha value is -0.0800. The van der Waals surface area contributed by atoms with Gasteiger partial charge in [-0.1, -0.05) is 181 Å². The second-order valence-corrected chi connectivity index (χ2v) is 11.9. The van der Waals surface area contributed by atoms with Gasteiger partial charge in [0, 0.05) is 13.2 Å². The third-order valence-electron chi connectivity index (χ3n) is 8.49. The molecule has 2 nitrogen and oxygen atoms in total. The number of hydrogen-bond donors (Lipinski definition) is 2. The number of aliphatic hydroxyl groups excluding tert-OH is 2. The lowest BCUT2D eigenvalue weighted by molar-refractivity contribution is 0.235. The molecule has 218 valence electrons. The summed E-state index contributed by atoms with van der Waals surface area (Å²) in [6.07, 6.45) is 38.3. The molecule has 0 fully saturated rings. The first-order chi connectivity index (χ1) is 17.8. The van der Waals surface area contributed by atoms with Crippen molar-refractivity contribution in [3.63, 3.8) is 0 Å². The number of aliphatic hydroxyl groups is 2. The van der Waals surface area contributed by atoms with Crippen LogP contribution in [-0.2, 0) is 0 Å². The summed E-state index contributed by atoms with van der Waals surface area (Å²) in [5, 5.41) is 18.1. The van der Waals surface area contributed by atoms with E-state index in [4.69, 9.17) is 10.2 Å². The molecule has 2 unspecified atom stereocenters. The third kappa shape index (κ3) is 25.6.